The van der Waals surface area contributed by atoms with Crippen LogP contribution in [-0.2, 0) is 0 Å². The Morgan fingerprint density at radius 3 is 2.06 bits per heavy atom. The average Bonchev–Trinajstić information content (AvgIpc) is 2.77. The van der Waals surface area contributed by atoms with Crippen molar-refractivity contribution in [2.45, 2.75) is 45.2 Å². The Bertz CT molecular complexity index is 924. The van der Waals surface area contributed by atoms with Crippen LogP contribution in [0.2, 0.25) is 0 Å². The van der Waals surface area contributed by atoms with Crippen LogP contribution in [0, 0.1) is 0 Å². The maximum absolute atomic E-state index is 13.1. The van der Waals surface area contributed by atoms with Crippen molar-refractivity contribution in [2.75, 3.05) is 26.6 Å². The van der Waals surface area contributed by atoms with E-state index >= 15 is 0 Å². The van der Waals surface area contributed by atoms with Crippen LogP contribution in [0.3, 0.4) is 0 Å². The molecule has 31 heavy (non-hydrogen) atoms. The second kappa shape index (κ2) is 9.73. The van der Waals surface area contributed by atoms with Gasteiger partial charge in [-0.05, 0) is 63.4 Å². The Kier molecular flexibility index (Phi) is 7.05. The average molecular weight is 427 g/mol. The maximum Gasteiger partial charge on any atom is 0.255 e. The minimum atomic E-state index is -0.344. The van der Waals surface area contributed by atoms with E-state index in [1.54, 1.807) is 36.4 Å². The van der Waals surface area contributed by atoms with Gasteiger partial charge in [0.1, 0.15) is 0 Å². The van der Waals surface area contributed by atoms with Crippen LogP contribution in [0.1, 0.15) is 53.8 Å². The predicted octanol–water partition coefficient (Wildman–Crippen LogP) is 4.37. The first-order chi connectivity index (χ1) is 14.9. The number of ether oxygens (including phenoxy) is 3. The molecule has 1 fully saturated rings. The lowest BCUT2D eigenvalue weighted by atomic mass is 9.96. The van der Waals surface area contributed by atoms with Gasteiger partial charge >= 0.3 is 0 Å². The highest BCUT2D eigenvalue weighted by Crippen LogP contribution is 2.38. The maximum atomic E-state index is 13.1. The van der Waals surface area contributed by atoms with Crippen molar-refractivity contribution < 1.29 is 23.8 Å². The molecule has 0 radical (unpaired) electrons. The molecule has 1 saturated heterocycles. The standard InChI is InChI=1S/C24H30N2O5/c1-15-8-6-9-16(2)26(15)24(28)17-10-7-11-19(12-17)25-23(27)18-13-20(29-3)22(31-5)21(14-18)30-4/h7,10-16H,6,8-9H2,1-5H3,(H,25,27). The number of rotatable bonds is 6. The third kappa shape index (κ3) is 4.76. The molecule has 1 heterocycles. The van der Waals surface area contributed by atoms with Gasteiger partial charge in [-0.3, -0.25) is 9.59 Å². The molecule has 7 heteroatoms. The predicted molar refractivity (Wildman–Crippen MR) is 119 cm³/mol. The van der Waals surface area contributed by atoms with Crippen molar-refractivity contribution in [2.24, 2.45) is 0 Å². The smallest absolute Gasteiger partial charge is 0.255 e. The number of methoxy groups -OCH3 is 3. The number of nitrogens with one attached hydrogen (secondary N) is 1. The van der Waals surface area contributed by atoms with Crippen molar-refractivity contribution >= 4 is 17.5 Å². The number of piperidine rings is 1. The summed E-state index contributed by atoms with van der Waals surface area (Å²) >= 11 is 0. The first-order valence-corrected chi connectivity index (χ1v) is 10.4. The zero-order chi connectivity index (χ0) is 22.5. The Morgan fingerprint density at radius 2 is 1.52 bits per heavy atom. The minimum Gasteiger partial charge on any atom is -0.493 e. The quantitative estimate of drug-likeness (QED) is 0.742. The molecule has 2 aromatic rings. The fraction of sp³-hybridized carbons (Fsp3) is 0.417. The van der Waals surface area contributed by atoms with E-state index < -0.39 is 0 Å². The molecular formula is C24H30N2O5. The SMILES string of the molecule is COc1cc(C(=O)Nc2cccc(C(=O)N3C(C)CCCC3C)c2)cc(OC)c1OC. The number of likely N-dealkylation sites (tertiary alicyclic amines) is 1. The summed E-state index contributed by atoms with van der Waals surface area (Å²) in [7, 11) is 4.50. The van der Waals surface area contributed by atoms with E-state index in [-0.39, 0.29) is 23.9 Å². The molecule has 0 bridgehead atoms. The molecule has 2 unspecified atom stereocenters. The van der Waals surface area contributed by atoms with Crippen LogP contribution in [0.15, 0.2) is 36.4 Å². The van der Waals surface area contributed by atoms with Crippen molar-refractivity contribution in [3.05, 3.63) is 47.5 Å². The Hall–Kier alpha value is -3.22. The van der Waals surface area contributed by atoms with Crippen molar-refractivity contribution in [3.8, 4) is 17.2 Å². The molecule has 0 saturated carbocycles. The number of anilines is 1. The fourth-order valence-electron chi connectivity index (χ4n) is 4.12. The zero-order valence-electron chi connectivity index (χ0n) is 18.7. The summed E-state index contributed by atoms with van der Waals surface area (Å²) in [5, 5.41) is 2.86. The molecule has 0 aliphatic carbocycles. The lowest BCUT2D eigenvalue weighted by molar-refractivity contribution is 0.0510. The van der Waals surface area contributed by atoms with Gasteiger partial charge in [0.05, 0.1) is 21.3 Å². The molecule has 1 aliphatic rings. The van der Waals surface area contributed by atoms with Gasteiger partial charge in [-0.2, -0.15) is 0 Å². The number of hydrogen-bond acceptors (Lipinski definition) is 5. The highest BCUT2D eigenvalue weighted by Gasteiger charge is 2.29. The summed E-state index contributed by atoms with van der Waals surface area (Å²) in [5.41, 5.74) is 1.45. The van der Waals surface area contributed by atoms with Gasteiger partial charge in [-0.25, -0.2) is 0 Å². The lowest BCUT2D eigenvalue weighted by Gasteiger charge is -2.39. The van der Waals surface area contributed by atoms with Crippen LogP contribution in [0.5, 0.6) is 17.2 Å². The summed E-state index contributed by atoms with van der Waals surface area (Å²) in [6.07, 6.45) is 3.15. The van der Waals surface area contributed by atoms with Gasteiger partial charge in [0.15, 0.2) is 11.5 Å². The first-order valence-electron chi connectivity index (χ1n) is 10.4. The summed E-state index contributed by atoms with van der Waals surface area (Å²) in [5.74, 6) is 0.846. The summed E-state index contributed by atoms with van der Waals surface area (Å²) in [6.45, 7) is 4.17. The van der Waals surface area contributed by atoms with E-state index in [4.69, 9.17) is 14.2 Å². The molecule has 2 aromatic carbocycles. The zero-order valence-corrected chi connectivity index (χ0v) is 18.7. The van der Waals surface area contributed by atoms with E-state index in [2.05, 4.69) is 19.2 Å². The molecule has 2 atom stereocenters. The minimum absolute atomic E-state index is 0.0106. The monoisotopic (exact) mass is 426 g/mol. The molecule has 7 nitrogen and oxygen atoms in total. The molecular weight excluding hydrogens is 396 g/mol. The number of carbonyl (C=O) groups excluding carboxylic acids is 2. The number of hydrogen-bond donors (Lipinski definition) is 1. The third-order valence-electron chi connectivity index (χ3n) is 5.72. The lowest BCUT2D eigenvalue weighted by Crippen LogP contribution is -2.47. The molecule has 0 aromatic heterocycles. The summed E-state index contributed by atoms with van der Waals surface area (Å²) in [6, 6.07) is 10.6. The van der Waals surface area contributed by atoms with Gasteiger partial charge in [0.2, 0.25) is 5.75 Å². The Balaban J connectivity index is 1.82. The van der Waals surface area contributed by atoms with Gasteiger partial charge in [0, 0.05) is 28.9 Å². The Morgan fingerprint density at radius 1 is 0.903 bits per heavy atom. The number of amides is 2. The topological polar surface area (TPSA) is 77.1 Å². The van der Waals surface area contributed by atoms with E-state index in [9.17, 15) is 9.59 Å². The first kappa shape index (κ1) is 22.5. The van der Waals surface area contributed by atoms with Crippen LogP contribution < -0.4 is 19.5 Å². The third-order valence-corrected chi connectivity index (χ3v) is 5.72. The molecule has 1 N–H and O–H groups in total. The van der Waals surface area contributed by atoms with E-state index in [0.29, 0.717) is 34.1 Å². The number of carbonyl (C=O) groups is 2. The number of benzene rings is 2. The van der Waals surface area contributed by atoms with Crippen LogP contribution >= 0.6 is 0 Å². The molecule has 1 aliphatic heterocycles. The molecule has 166 valence electrons. The van der Waals surface area contributed by atoms with E-state index in [1.807, 2.05) is 4.90 Å². The highest BCUT2D eigenvalue weighted by molar-refractivity contribution is 6.06. The Labute approximate surface area is 183 Å². The van der Waals surface area contributed by atoms with Crippen LogP contribution in [0.4, 0.5) is 5.69 Å². The summed E-state index contributed by atoms with van der Waals surface area (Å²) in [4.78, 5) is 28.0. The largest absolute Gasteiger partial charge is 0.493 e. The van der Waals surface area contributed by atoms with E-state index in [1.165, 1.54) is 21.3 Å². The number of nitrogens with zero attached hydrogens (tertiary/aromatic N) is 1. The van der Waals surface area contributed by atoms with Crippen molar-refractivity contribution in [3.63, 3.8) is 0 Å². The van der Waals surface area contributed by atoms with Gasteiger partial charge in [-0.1, -0.05) is 6.07 Å². The molecule has 2 amide bonds. The van der Waals surface area contributed by atoms with E-state index in [0.717, 1.165) is 19.3 Å². The second-order valence-electron chi connectivity index (χ2n) is 7.79. The van der Waals surface area contributed by atoms with Crippen molar-refractivity contribution in [1.29, 1.82) is 0 Å². The van der Waals surface area contributed by atoms with Gasteiger partial charge in [0.25, 0.3) is 11.8 Å². The highest BCUT2D eigenvalue weighted by atomic mass is 16.5. The normalized spacial score (nSPS) is 18.3. The van der Waals surface area contributed by atoms with Crippen LogP contribution in [-0.4, -0.2) is 50.1 Å². The van der Waals surface area contributed by atoms with Crippen LogP contribution in [0.25, 0.3) is 0 Å². The van der Waals surface area contributed by atoms with Gasteiger partial charge in [-0.15, -0.1) is 0 Å². The van der Waals surface area contributed by atoms with Crippen molar-refractivity contribution in [1.82, 2.24) is 4.90 Å². The molecule has 3 rings (SSSR count). The molecule has 0 spiro atoms. The summed E-state index contributed by atoms with van der Waals surface area (Å²) < 4.78 is 15.9. The second-order valence-corrected chi connectivity index (χ2v) is 7.79. The fourth-order valence-corrected chi connectivity index (χ4v) is 4.12. The van der Waals surface area contributed by atoms with Gasteiger partial charge < -0.3 is 24.4 Å².